The second kappa shape index (κ2) is 6.39. The number of amides is 1. The predicted octanol–water partition coefficient (Wildman–Crippen LogP) is 1.91. The number of esters is 1. The number of hydrogen-bond donors (Lipinski definition) is 2. The molecule has 0 heterocycles. The van der Waals surface area contributed by atoms with Gasteiger partial charge < -0.3 is 15.2 Å². The summed E-state index contributed by atoms with van der Waals surface area (Å²) in [5.74, 6) is -2.15. The van der Waals surface area contributed by atoms with Crippen molar-refractivity contribution in [1.29, 1.82) is 0 Å². The Labute approximate surface area is 122 Å². The molecule has 0 aliphatic heterocycles. The first-order valence-electron chi connectivity index (χ1n) is 6.73. The fourth-order valence-electron chi connectivity index (χ4n) is 2.50. The first-order chi connectivity index (χ1) is 10.0. The van der Waals surface area contributed by atoms with Gasteiger partial charge in [-0.3, -0.25) is 9.59 Å². The highest BCUT2D eigenvalue weighted by Gasteiger charge is 2.33. The van der Waals surface area contributed by atoms with Crippen LogP contribution < -0.4 is 5.32 Å². The maximum absolute atomic E-state index is 12.1. The number of anilines is 1. The molecule has 1 aliphatic rings. The van der Waals surface area contributed by atoms with Crippen molar-refractivity contribution in [3.05, 3.63) is 29.8 Å². The SMILES string of the molecule is COC(=O)c1ccc(NC(=O)C2CCC(C(=O)O)C2)cc1. The Morgan fingerprint density at radius 2 is 1.76 bits per heavy atom. The standard InChI is InChI=1S/C15H17NO5/c1-21-15(20)9-4-6-12(7-5-9)16-13(17)10-2-3-11(8-10)14(18)19/h4-7,10-11H,2-3,8H2,1H3,(H,16,17)(H,18,19). The topological polar surface area (TPSA) is 92.7 Å². The van der Waals surface area contributed by atoms with Crippen LogP contribution in [0.4, 0.5) is 5.69 Å². The van der Waals surface area contributed by atoms with Gasteiger partial charge in [0, 0.05) is 11.6 Å². The molecule has 2 unspecified atom stereocenters. The van der Waals surface area contributed by atoms with Crippen molar-refractivity contribution in [3.8, 4) is 0 Å². The van der Waals surface area contributed by atoms with E-state index >= 15 is 0 Å². The summed E-state index contributed by atoms with van der Waals surface area (Å²) in [6.45, 7) is 0. The summed E-state index contributed by atoms with van der Waals surface area (Å²) in [6.07, 6.45) is 1.50. The van der Waals surface area contributed by atoms with E-state index in [0.717, 1.165) is 0 Å². The molecular weight excluding hydrogens is 274 g/mol. The summed E-state index contributed by atoms with van der Waals surface area (Å²) in [6, 6.07) is 6.37. The van der Waals surface area contributed by atoms with E-state index in [1.807, 2.05) is 0 Å². The monoisotopic (exact) mass is 291 g/mol. The summed E-state index contributed by atoms with van der Waals surface area (Å²) in [5.41, 5.74) is 0.980. The van der Waals surface area contributed by atoms with Crippen LogP contribution in [0.2, 0.25) is 0 Å². The summed E-state index contributed by atoms with van der Waals surface area (Å²) in [5, 5.41) is 11.7. The van der Waals surface area contributed by atoms with Crippen LogP contribution in [0.5, 0.6) is 0 Å². The maximum Gasteiger partial charge on any atom is 0.337 e. The van der Waals surface area contributed by atoms with Crippen LogP contribution in [-0.2, 0) is 14.3 Å². The molecule has 0 bridgehead atoms. The van der Waals surface area contributed by atoms with Crippen LogP contribution in [-0.4, -0.2) is 30.1 Å². The first-order valence-corrected chi connectivity index (χ1v) is 6.73. The second-order valence-corrected chi connectivity index (χ2v) is 5.10. The van der Waals surface area contributed by atoms with Crippen molar-refractivity contribution >= 4 is 23.5 Å². The minimum absolute atomic E-state index is 0.176. The fraction of sp³-hybridized carbons (Fsp3) is 0.400. The second-order valence-electron chi connectivity index (χ2n) is 5.10. The van der Waals surface area contributed by atoms with E-state index in [9.17, 15) is 14.4 Å². The van der Waals surface area contributed by atoms with Gasteiger partial charge in [-0.25, -0.2) is 4.79 Å². The molecule has 2 N–H and O–H groups in total. The molecule has 1 aliphatic carbocycles. The molecular formula is C15H17NO5. The Balaban J connectivity index is 1.94. The average molecular weight is 291 g/mol. The van der Waals surface area contributed by atoms with Gasteiger partial charge in [-0.2, -0.15) is 0 Å². The molecule has 112 valence electrons. The number of nitrogens with one attached hydrogen (secondary N) is 1. The Kier molecular flexibility index (Phi) is 4.57. The number of methoxy groups -OCH3 is 1. The van der Waals surface area contributed by atoms with E-state index in [1.165, 1.54) is 7.11 Å². The molecule has 0 saturated heterocycles. The van der Waals surface area contributed by atoms with Crippen molar-refractivity contribution in [2.75, 3.05) is 12.4 Å². The summed E-state index contributed by atoms with van der Waals surface area (Å²) in [7, 11) is 1.30. The van der Waals surface area contributed by atoms with E-state index in [1.54, 1.807) is 24.3 Å². The summed E-state index contributed by atoms with van der Waals surface area (Å²) in [4.78, 5) is 34.2. The van der Waals surface area contributed by atoms with Gasteiger partial charge in [0.1, 0.15) is 0 Å². The molecule has 1 amide bonds. The van der Waals surface area contributed by atoms with Crippen molar-refractivity contribution in [2.24, 2.45) is 11.8 Å². The summed E-state index contributed by atoms with van der Waals surface area (Å²) < 4.78 is 4.59. The van der Waals surface area contributed by atoms with Crippen molar-refractivity contribution in [1.82, 2.24) is 0 Å². The third-order valence-corrected chi connectivity index (χ3v) is 3.73. The first kappa shape index (κ1) is 15.0. The Hall–Kier alpha value is -2.37. The van der Waals surface area contributed by atoms with Crippen molar-refractivity contribution in [3.63, 3.8) is 0 Å². The zero-order chi connectivity index (χ0) is 15.4. The van der Waals surface area contributed by atoms with Crippen LogP contribution in [0.25, 0.3) is 0 Å². The molecule has 2 rings (SSSR count). The molecule has 1 aromatic carbocycles. The summed E-state index contributed by atoms with van der Waals surface area (Å²) >= 11 is 0. The van der Waals surface area contributed by atoms with E-state index in [-0.39, 0.29) is 11.8 Å². The number of carbonyl (C=O) groups is 3. The van der Waals surface area contributed by atoms with Crippen LogP contribution in [0.15, 0.2) is 24.3 Å². The van der Waals surface area contributed by atoms with Gasteiger partial charge in [-0.1, -0.05) is 0 Å². The fourth-order valence-corrected chi connectivity index (χ4v) is 2.50. The molecule has 0 radical (unpaired) electrons. The minimum Gasteiger partial charge on any atom is -0.481 e. The molecule has 1 aromatic rings. The van der Waals surface area contributed by atoms with Gasteiger partial charge >= 0.3 is 11.9 Å². The Bertz CT molecular complexity index is 552. The van der Waals surface area contributed by atoms with Crippen molar-refractivity contribution < 1.29 is 24.2 Å². The number of aliphatic carboxylic acids is 1. The number of carboxylic acids is 1. The van der Waals surface area contributed by atoms with Gasteiger partial charge in [-0.05, 0) is 43.5 Å². The Morgan fingerprint density at radius 1 is 1.14 bits per heavy atom. The Morgan fingerprint density at radius 3 is 2.29 bits per heavy atom. The number of carbonyl (C=O) groups excluding carboxylic acids is 2. The van der Waals surface area contributed by atoms with Gasteiger partial charge in [0.15, 0.2) is 0 Å². The van der Waals surface area contributed by atoms with Gasteiger partial charge in [0.25, 0.3) is 0 Å². The smallest absolute Gasteiger partial charge is 0.337 e. The molecule has 0 aromatic heterocycles. The normalized spacial score (nSPS) is 20.8. The number of benzene rings is 1. The number of rotatable bonds is 4. The highest BCUT2D eigenvalue weighted by molar-refractivity contribution is 5.94. The predicted molar refractivity (Wildman–Crippen MR) is 74.9 cm³/mol. The van der Waals surface area contributed by atoms with E-state index < -0.39 is 17.9 Å². The zero-order valence-electron chi connectivity index (χ0n) is 11.7. The molecule has 6 nitrogen and oxygen atoms in total. The lowest BCUT2D eigenvalue weighted by Gasteiger charge is -2.11. The molecule has 0 spiro atoms. The maximum atomic E-state index is 12.1. The lowest BCUT2D eigenvalue weighted by Crippen LogP contribution is -2.21. The quantitative estimate of drug-likeness (QED) is 0.827. The number of ether oxygens (including phenoxy) is 1. The molecule has 1 fully saturated rings. The van der Waals surface area contributed by atoms with E-state index in [4.69, 9.17) is 5.11 Å². The lowest BCUT2D eigenvalue weighted by atomic mass is 10.0. The highest BCUT2D eigenvalue weighted by atomic mass is 16.5. The largest absolute Gasteiger partial charge is 0.481 e. The van der Waals surface area contributed by atoms with Crippen LogP contribution >= 0.6 is 0 Å². The van der Waals surface area contributed by atoms with Gasteiger partial charge in [0.2, 0.25) is 5.91 Å². The lowest BCUT2D eigenvalue weighted by molar-refractivity contribution is -0.141. The third kappa shape index (κ3) is 3.59. The zero-order valence-corrected chi connectivity index (χ0v) is 11.7. The van der Waals surface area contributed by atoms with Gasteiger partial charge in [0.05, 0.1) is 18.6 Å². The highest BCUT2D eigenvalue weighted by Crippen LogP contribution is 2.31. The van der Waals surface area contributed by atoms with Crippen LogP contribution in [0.3, 0.4) is 0 Å². The van der Waals surface area contributed by atoms with Gasteiger partial charge in [-0.15, -0.1) is 0 Å². The molecule has 1 saturated carbocycles. The molecule has 6 heteroatoms. The average Bonchev–Trinajstić information content (AvgIpc) is 2.97. The van der Waals surface area contributed by atoms with Crippen molar-refractivity contribution in [2.45, 2.75) is 19.3 Å². The van der Waals surface area contributed by atoms with E-state index in [0.29, 0.717) is 30.5 Å². The molecule has 2 atom stereocenters. The van der Waals surface area contributed by atoms with E-state index in [2.05, 4.69) is 10.1 Å². The number of hydrogen-bond acceptors (Lipinski definition) is 4. The third-order valence-electron chi connectivity index (χ3n) is 3.73. The number of carboxylic acid groups (broad SMARTS) is 1. The minimum atomic E-state index is -0.840. The van der Waals surface area contributed by atoms with Crippen LogP contribution in [0, 0.1) is 11.8 Å². The molecule has 21 heavy (non-hydrogen) atoms. The van der Waals surface area contributed by atoms with Crippen LogP contribution in [0.1, 0.15) is 29.6 Å².